The van der Waals surface area contributed by atoms with E-state index in [0.717, 1.165) is 17.0 Å². The van der Waals surface area contributed by atoms with Crippen molar-refractivity contribution in [3.05, 3.63) is 45.6 Å². The summed E-state index contributed by atoms with van der Waals surface area (Å²) >= 11 is 1.58. The number of nitrogens with one attached hydrogen (secondary N) is 1. The van der Waals surface area contributed by atoms with E-state index in [-0.39, 0.29) is 13.2 Å². The molecule has 0 fully saturated rings. The molecule has 2 aromatic rings. The van der Waals surface area contributed by atoms with Crippen molar-refractivity contribution in [3.63, 3.8) is 0 Å². The lowest BCUT2D eigenvalue weighted by Gasteiger charge is -2.11. The molecule has 0 saturated heterocycles. The third kappa shape index (κ3) is 4.46. The molecule has 0 aliphatic heterocycles. The molecule has 1 heterocycles. The number of aliphatic hydroxyl groups excluding tert-OH is 1. The molecule has 0 saturated carbocycles. The summed E-state index contributed by atoms with van der Waals surface area (Å²) in [5.41, 5.74) is 1.78. The fraction of sp³-hybridized carbons (Fsp3) is 0.312. The molecule has 116 valence electrons. The smallest absolute Gasteiger partial charge is 0.161 e. The molecule has 5 nitrogen and oxygen atoms in total. The predicted octanol–water partition coefficient (Wildman–Crippen LogP) is 2.29. The van der Waals surface area contributed by atoms with Crippen molar-refractivity contribution in [1.82, 2.24) is 5.32 Å². The zero-order valence-corrected chi connectivity index (χ0v) is 13.2. The van der Waals surface area contributed by atoms with E-state index < -0.39 is 0 Å². The van der Waals surface area contributed by atoms with Crippen LogP contribution in [0.4, 0.5) is 0 Å². The summed E-state index contributed by atoms with van der Waals surface area (Å²) in [6.45, 7) is 1.62. The zero-order chi connectivity index (χ0) is 15.8. The first kappa shape index (κ1) is 16.3. The molecule has 2 rings (SSSR count). The Morgan fingerprint density at radius 1 is 1.27 bits per heavy atom. The molecule has 0 aliphatic carbocycles. The monoisotopic (exact) mass is 318 g/mol. The maximum absolute atomic E-state index is 8.79. The van der Waals surface area contributed by atoms with Gasteiger partial charge in [-0.1, -0.05) is 6.07 Å². The van der Waals surface area contributed by atoms with Crippen LogP contribution < -0.4 is 14.8 Å². The summed E-state index contributed by atoms with van der Waals surface area (Å²) in [5.74, 6) is 1.27. The Morgan fingerprint density at radius 2 is 2.14 bits per heavy atom. The second-order valence-electron chi connectivity index (χ2n) is 4.57. The van der Waals surface area contributed by atoms with Crippen LogP contribution >= 0.6 is 11.3 Å². The highest BCUT2D eigenvalue weighted by atomic mass is 32.1. The van der Waals surface area contributed by atoms with Crippen LogP contribution in [0.25, 0.3) is 0 Å². The number of nitrogens with zero attached hydrogens (tertiary/aromatic N) is 1. The van der Waals surface area contributed by atoms with Crippen molar-refractivity contribution in [2.24, 2.45) is 0 Å². The first-order valence-corrected chi connectivity index (χ1v) is 7.73. The Morgan fingerprint density at radius 3 is 2.82 bits per heavy atom. The number of hydrogen-bond donors (Lipinski definition) is 2. The number of nitriles is 1. The molecular weight excluding hydrogens is 300 g/mol. The number of methoxy groups -OCH3 is 1. The zero-order valence-electron chi connectivity index (χ0n) is 12.3. The average molecular weight is 318 g/mol. The van der Waals surface area contributed by atoms with E-state index in [1.54, 1.807) is 18.4 Å². The van der Waals surface area contributed by atoms with E-state index in [9.17, 15) is 0 Å². The van der Waals surface area contributed by atoms with Gasteiger partial charge >= 0.3 is 0 Å². The van der Waals surface area contributed by atoms with E-state index in [1.165, 1.54) is 0 Å². The maximum Gasteiger partial charge on any atom is 0.161 e. The SMILES string of the molecule is COc1cc(CNCc2cc(C#N)cs2)ccc1OCCO. The van der Waals surface area contributed by atoms with Gasteiger partial charge in [0, 0.05) is 23.3 Å². The van der Waals surface area contributed by atoms with Gasteiger partial charge in [0.05, 0.1) is 19.3 Å². The third-order valence-electron chi connectivity index (χ3n) is 2.99. The molecule has 1 aromatic carbocycles. The Balaban J connectivity index is 1.91. The quantitative estimate of drug-likeness (QED) is 0.781. The molecule has 0 amide bonds. The summed E-state index contributed by atoms with van der Waals surface area (Å²) in [7, 11) is 1.59. The number of benzene rings is 1. The van der Waals surface area contributed by atoms with E-state index in [1.807, 2.05) is 29.6 Å². The normalized spacial score (nSPS) is 10.2. The van der Waals surface area contributed by atoms with Crippen LogP contribution in [0, 0.1) is 11.3 Å². The lowest BCUT2D eigenvalue weighted by molar-refractivity contribution is 0.196. The van der Waals surface area contributed by atoms with Crippen molar-refractivity contribution in [2.75, 3.05) is 20.3 Å². The van der Waals surface area contributed by atoms with Gasteiger partial charge in [0.15, 0.2) is 11.5 Å². The van der Waals surface area contributed by atoms with Crippen LogP contribution in [-0.2, 0) is 13.1 Å². The third-order valence-corrected chi connectivity index (χ3v) is 3.92. The second-order valence-corrected chi connectivity index (χ2v) is 5.57. The number of ether oxygens (including phenoxy) is 2. The maximum atomic E-state index is 8.79. The topological polar surface area (TPSA) is 74.5 Å². The molecule has 2 N–H and O–H groups in total. The van der Waals surface area contributed by atoms with E-state index in [0.29, 0.717) is 23.6 Å². The predicted molar refractivity (Wildman–Crippen MR) is 85.2 cm³/mol. The van der Waals surface area contributed by atoms with E-state index >= 15 is 0 Å². The van der Waals surface area contributed by atoms with E-state index in [4.69, 9.17) is 19.8 Å². The van der Waals surface area contributed by atoms with Crippen LogP contribution in [0.1, 0.15) is 16.0 Å². The molecule has 22 heavy (non-hydrogen) atoms. The van der Waals surface area contributed by atoms with Gasteiger partial charge in [-0.3, -0.25) is 0 Å². The molecular formula is C16H18N2O3S. The van der Waals surface area contributed by atoms with Crippen LogP contribution in [0.2, 0.25) is 0 Å². The fourth-order valence-corrected chi connectivity index (χ4v) is 2.74. The van der Waals surface area contributed by atoms with Gasteiger partial charge in [0.1, 0.15) is 12.7 Å². The van der Waals surface area contributed by atoms with Crippen molar-refractivity contribution in [1.29, 1.82) is 5.26 Å². The summed E-state index contributed by atoms with van der Waals surface area (Å²) in [5, 5.41) is 22.8. The summed E-state index contributed by atoms with van der Waals surface area (Å²) in [6, 6.07) is 9.73. The largest absolute Gasteiger partial charge is 0.493 e. The minimum atomic E-state index is -0.0298. The molecule has 6 heteroatoms. The molecule has 0 bridgehead atoms. The Labute approximate surface area is 133 Å². The Kier molecular flexibility index (Phi) is 6.22. The molecule has 0 radical (unpaired) electrons. The first-order valence-electron chi connectivity index (χ1n) is 6.85. The number of aliphatic hydroxyl groups is 1. The number of rotatable bonds is 8. The highest BCUT2D eigenvalue weighted by Crippen LogP contribution is 2.28. The minimum Gasteiger partial charge on any atom is -0.493 e. The van der Waals surface area contributed by atoms with Gasteiger partial charge in [-0.25, -0.2) is 0 Å². The molecule has 0 unspecified atom stereocenters. The molecule has 0 aliphatic rings. The van der Waals surface area contributed by atoms with Gasteiger partial charge in [-0.05, 0) is 23.8 Å². The van der Waals surface area contributed by atoms with E-state index in [2.05, 4.69) is 11.4 Å². The summed E-state index contributed by atoms with van der Waals surface area (Å²) < 4.78 is 10.7. The first-order chi connectivity index (χ1) is 10.8. The number of thiophene rings is 1. The Bertz CT molecular complexity index is 649. The van der Waals surface area contributed by atoms with Crippen molar-refractivity contribution < 1.29 is 14.6 Å². The Hall–Kier alpha value is -2.07. The highest BCUT2D eigenvalue weighted by Gasteiger charge is 2.06. The van der Waals surface area contributed by atoms with Gasteiger partial charge in [-0.15, -0.1) is 11.3 Å². The second kappa shape index (κ2) is 8.39. The lowest BCUT2D eigenvalue weighted by atomic mass is 10.2. The standard InChI is InChI=1S/C16H18N2O3S/c1-20-16-7-12(2-3-15(16)21-5-4-19)9-18-10-14-6-13(8-17)11-22-14/h2-3,6-7,11,18-19H,4-5,9-10H2,1H3. The summed E-state index contributed by atoms with van der Waals surface area (Å²) in [6.07, 6.45) is 0. The van der Waals surface area contributed by atoms with Crippen LogP contribution in [0.15, 0.2) is 29.6 Å². The molecule has 0 atom stereocenters. The molecule has 1 aromatic heterocycles. The number of hydrogen-bond acceptors (Lipinski definition) is 6. The lowest BCUT2D eigenvalue weighted by Crippen LogP contribution is -2.12. The van der Waals surface area contributed by atoms with Gasteiger partial charge in [0.2, 0.25) is 0 Å². The van der Waals surface area contributed by atoms with Gasteiger partial charge < -0.3 is 19.9 Å². The van der Waals surface area contributed by atoms with Crippen molar-refractivity contribution in [3.8, 4) is 17.6 Å². The minimum absolute atomic E-state index is 0.0298. The van der Waals surface area contributed by atoms with Crippen molar-refractivity contribution >= 4 is 11.3 Å². The summed E-state index contributed by atoms with van der Waals surface area (Å²) in [4.78, 5) is 1.13. The van der Waals surface area contributed by atoms with Crippen LogP contribution in [0.3, 0.4) is 0 Å². The van der Waals surface area contributed by atoms with Crippen LogP contribution in [0.5, 0.6) is 11.5 Å². The highest BCUT2D eigenvalue weighted by molar-refractivity contribution is 7.10. The van der Waals surface area contributed by atoms with Crippen LogP contribution in [-0.4, -0.2) is 25.4 Å². The fourth-order valence-electron chi connectivity index (χ4n) is 1.96. The van der Waals surface area contributed by atoms with Crippen molar-refractivity contribution in [2.45, 2.75) is 13.1 Å². The van der Waals surface area contributed by atoms with Gasteiger partial charge in [-0.2, -0.15) is 5.26 Å². The average Bonchev–Trinajstić information content (AvgIpc) is 3.01. The van der Waals surface area contributed by atoms with Gasteiger partial charge in [0.25, 0.3) is 0 Å². The molecule has 0 spiro atoms.